The number of halogens is 3. The molecule has 0 saturated heterocycles. The number of nitrogens with zero attached hydrogens (tertiary/aromatic N) is 5. The van der Waals surface area contributed by atoms with Crippen LogP contribution in [0.25, 0.3) is 16.9 Å². The number of carbonyl (C=O) groups is 2. The number of benzene rings is 2. The Balaban J connectivity index is 1.79. The molecule has 1 aromatic heterocycles. The van der Waals surface area contributed by atoms with E-state index < -0.39 is 50.7 Å². The van der Waals surface area contributed by atoms with E-state index >= 15 is 0 Å². The van der Waals surface area contributed by atoms with Gasteiger partial charge >= 0.3 is 12.3 Å². The molecule has 0 saturated carbocycles. The van der Waals surface area contributed by atoms with E-state index in [-0.39, 0.29) is 23.0 Å². The van der Waals surface area contributed by atoms with Gasteiger partial charge in [0.15, 0.2) is 11.2 Å². The smallest absolute Gasteiger partial charge is 0.511 e. The van der Waals surface area contributed by atoms with Crippen molar-refractivity contribution in [3.05, 3.63) is 71.1 Å². The molecule has 1 heterocycles. The highest BCUT2D eigenvalue weighted by Gasteiger charge is 2.41. The summed E-state index contributed by atoms with van der Waals surface area (Å²) in [5, 5.41) is 20.0. The van der Waals surface area contributed by atoms with E-state index in [1.165, 1.54) is 32.9 Å². The molecule has 1 amide bonds. The molecular weight excluding hydrogens is 625 g/mol. The van der Waals surface area contributed by atoms with Crippen LogP contribution >= 0.6 is 0 Å². The first-order chi connectivity index (χ1) is 20.9. The monoisotopic (exact) mass is 656 g/mol. The number of aromatic nitrogens is 2. The maximum absolute atomic E-state index is 13.5. The number of rotatable bonds is 11. The number of aryl methyl sites for hydroxylation is 1. The zero-order valence-electron chi connectivity index (χ0n) is 25.0. The van der Waals surface area contributed by atoms with Gasteiger partial charge in [-0.15, -0.1) is 5.01 Å². The molecule has 244 valence electrons. The first kappa shape index (κ1) is 34.6. The van der Waals surface area contributed by atoms with Crippen LogP contribution in [-0.4, -0.2) is 65.7 Å². The molecule has 45 heavy (non-hydrogen) atoms. The number of amides is 1. The fourth-order valence-corrected chi connectivity index (χ4v) is 4.66. The minimum absolute atomic E-state index is 0.0392. The summed E-state index contributed by atoms with van der Waals surface area (Å²) in [5.74, 6) is -1.13. The van der Waals surface area contributed by atoms with Gasteiger partial charge in [-0.05, 0) is 58.0 Å². The van der Waals surface area contributed by atoms with Crippen LogP contribution in [0.1, 0.15) is 39.0 Å². The van der Waals surface area contributed by atoms with E-state index in [0.717, 1.165) is 35.5 Å². The van der Waals surface area contributed by atoms with E-state index in [1.54, 1.807) is 31.2 Å². The van der Waals surface area contributed by atoms with E-state index in [2.05, 4.69) is 19.8 Å². The molecule has 18 heteroatoms. The Kier molecular flexibility index (Phi) is 10.3. The molecular formula is C27H31F3N6O8S. The summed E-state index contributed by atoms with van der Waals surface area (Å²) in [6.45, 7) is 7.11. The largest absolute Gasteiger partial charge is 0.569 e. The summed E-state index contributed by atoms with van der Waals surface area (Å²) in [6.07, 6.45) is -7.12. The minimum atomic E-state index is -4.73. The van der Waals surface area contributed by atoms with Gasteiger partial charge < -0.3 is 14.7 Å². The quantitative estimate of drug-likeness (QED) is 0.100. The van der Waals surface area contributed by atoms with Crippen LogP contribution in [0.4, 0.5) is 18.0 Å². The van der Waals surface area contributed by atoms with Crippen LogP contribution in [0, 0.1) is 12.1 Å². The lowest BCUT2D eigenvalue weighted by Crippen LogP contribution is -2.56. The molecule has 3 rings (SSSR count). The Morgan fingerprint density at radius 3 is 2.29 bits per heavy atom. The molecule has 1 atom stereocenters. The van der Waals surface area contributed by atoms with Gasteiger partial charge in [-0.1, -0.05) is 29.8 Å². The molecule has 0 radical (unpaired) electrons. The number of likely N-dealkylation sites (N-methyl/N-ethyl adjacent to an activating group) is 1. The predicted molar refractivity (Wildman–Crippen MR) is 151 cm³/mol. The standard InChI is InChI=1S/C27H31F3N6O8S/c1-7-42-25(38)43-18(3)44-33-36(39)34(6)26(4,5)24(37)32-45(40,41)21-14-12-20(13-15-21)35-22(16-23(31-35)27(28,29)30)19-10-8-17(2)9-11-19/h8-16,18H,7H2,1-6H3,(H,32,37). The van der Waals surface area contributed by atoms with Gasteiger partial charge in [-0.25, -0.2) is 22.6 Å². The molecule has 1 N–H and O–H groups in total. The second-order valence-electron chi connectivity index (χ2n) is 10.0. The summed E-state index contributed by atoms with van der Waals surface area (Å²) in [4.78, 5) is 28.5. The molecule has 2 aromatic carbocycles. The van der Waals surface area contributed by atoms with Crippen LogP contribution in [0.3, 0.4) is 0 Å². The number of sulfonamides is 1. The Bertz CT molecular complexity index is 1660. The second kappa shape index (κ2) is 13.4. The zero-order valence-corrected chi connectivity index (χ0v) is 25.8. The van der Waals surface area contributed by atoms with Gasteiger partial charge in [0.1, 0.15) is 0 Å². The molecule has 0 aliphatic heterocycles. The van der Waals surface area contributed by atoms with Crippen molar-refractivity contribution < 1.29 is 50.5 Å². The van der Waals surface area contributed by atoms with Crippen molar-refractivity contribution in [2.24, 2.45) is 5.28 Å². The van der Waals surface area contributed by atoms with Crippen molar-refractivity contribution in [2.45, 2.75) is 57.5 Å². The average molecular weight is 657 g/mol. The van der Waals surface area contributed by atoms with Gasteiger partial charge in [0.25, 0.3) is 22.2 Å². The molecule has 3 aromatic rings. The number of hydrogen-bond donors (Lipinski definition) is 1. The van der Waals surface area contributed by atoms with Gasteiger partial charge in [-0.2, -0.15) is 18.3 Å². The topological polar surface area (TPSA) is 167 Å². The fourth-order valence-electron chi connectivity index (χ4n) is 3.55. The lowest BCUT2D eigenvalue weighted by Gasteiger charge is -2.29. The number of ether oxygens (including phenoxy) is 2. The second-order valence-corrected chi connectivity index (χ2v) is 11.7. The highest BCUT2D eigenvalue weighted by molar-refractivity contribution is 7.90. The SMILES string of the molecule is CCOC(=O)OC(C)ON=[N+]([O-])N(C)C(C)(C)C(=O)NS(=O)(=O)c1ccc(-n2nc(C(F)(F)F)cc2-c2ccc(C)cc2)cc1. The van der Waals surface area contributed by atoms with E-state index in [4.69, 9.17) is 4.84 Å². The Morgan fingerprint density at radius 1 is 1.13 bits per heavy atom. The molecule has 0 spiro atoms. The van der Waals surface area contributed by atoms with Crippen molar-refractivity contribution >= 4 is 22.1 Å². The lowest BCUT2D eigenvalue weighted by molar-refractivity contribution is -0.718. The van der Waals surface area contributed by atoms with Crippen LogP contribution in [-0.2, 0) is 35.3 Å². The maximum Gasteiger partial charge on any atom is 0.511 e. The van der Waals surface area contributed by atoms with Crippen LogP contribution in [0.2, 0.25) is 0 Å². The number of hydrogen-bond acceptors (Lipinski definition) is 10. The predicted octanol–water partition coefficient (Wildman–Crippen LogP) is 4.71. The Labute approximate surface area is 256 Å². The normalized spacial score (nSPS) is 13.1. The van der Waals surface area contributed by atoms with E-state index in [0.29, 0.717) is 10.6 Å². The van der Waals surface area contributed by atoms with Crippen LogP contribution in [0.5, 0.6) is 0 Å². The Morgan fingerprint density at radius 2 is 1.73 bits per heavy atom. The van der Waals surface area contributed by atoms with Gasteiger partial charge in [0.2, 0.25) is 5.28 Å². The first-order valence-electron chi connectivity index (χ1n) is 13.2. The van der Waals surface area contributed by atoms with Gasteiger partial charge in [0, 0.05) is 12.5 Å². The van der Waals surface area contributed by atoms with Crippen molar-refractivity contribution in [1.29, 1.82) is 0 Å². The molecule has 14 nitrogen and oxygen atoms in total. The number of nitrogens with one attached hydrogen (secondary N) is 1. The van der Waals surface area contributed by atoms with E-state index in [1.807, 2.05) is 11.6 Å². The number of alkyl halides is 3. The lowest BCUT2D eigenvalue weighted by atomic mass is 10.1. The summed E-state index contributed by atoms with van der Waals surface area (Å²) in [6, 6.07) is 12.3. The van der Waals surface area contributed by atoms with Crippen molar-refractivity contribution in [1.82, 2.24) is 19.5 Å². The van der Waals surface area contributed by atoms with Crippen molar-refractivity contribution in [3.8, 4) is 16.9 Å². The summed E-state index contributed by atoms with van der Waals surface area (Å²) in [7, 11) is -3.39. The summed E-state index contributed by atoms with van der Waals surface area (Å²) >= 11 is 0. The van der Waals surface area contributed by atoms with Crippen molar-refractivity contribution in [3.63, 3.8) is 0 Å². The highest BCUT2D eigenvalue weighted by atomic mass is 32.2. The zero-order chi connectivity index (χ0) is 33.7. The molecule has 0 bridgehead atoms. The Hall–Kier alpha value is -4.87. The van der Waals surface area contributed by atoms with Crippen LogP contribution in [0.15, 0.2) is 64.8 Å². The van der Waals surface area contributed by atoms with Crippen LogP contribution < -0.4 is 4.72 Å². The molecule has 1 unspecified atom stereocenters. The molecule has 0 aliphatic carbocycles. The van der Waals surface area contributed by atoms with Crippen molar-refractivity contribution in [2.75, 3.05) is 13.7 Å². The number of hydrazine groups is 1. The summed E-state index contributed by atoms with van der Waals surface area (Å²) in [5.41, 5.74) is -1.37. The third-order valence-corrected chi connectivity index (χ3v) is 7.72. The average Bonchev–Trinajstić information content (AvgIpc) is 3.42. The first-order valence-corrected chi connectivity index (χ1v) is 14.7. The number of carbonyl (C=O) groups excluding carboxylic acids is 2. The molecule has 0 aliphatic rings. The summed E-state index contributed by atoms with van der Waals surface area (Å²) < 4.78 is 78.8. The van der Waals surface area contributed by atoms with Gasteiger partial charge in [-0.3, -0.25) is 9.63 Å². The van der Waals surface area contributed by atoms with Gasteiger partial charge in [0.05, 0.1) is 34.9 Å². The highest BCUT2D eigenvalue weighted by Crippen LogP contribution is 2.33. The van der Waals surface area contributed by atoms with E-state index in [9.17, 15) is 36.4 Å². The maximum atomic E-state index is 13.5. The third-order valence-electron chi connectivity index (χ3n) is 6.38. The third kappa shape index (κ3) is 8.40. The molecule has 0 fully saturated rings. The fraction of sp³-hybridized carbons (Fsp3) is 0.370. The minimum Gasteiger partial charge on any atom is -0.569 e.